The zero-order valence-electron chi connectivity index (χ0n) is 19.6. The number of rotatable bonds is 8. The first-order chi connectivity index (χ1) is 17.7. The topological polar surface area (TPSA) is 144 Å². The molecule has 4 heterocycles. The number of carboxylic acids is 1. The monoisotopic (exact) mass is 544 g/mol. The van der Waals surface area contributed by atoms with Gasteiger partial charge in [0.2, 0.25) is 0 Å². The van der Waals surface area contributed by atoms with Crippen LogP contribution in [0.25, 0.3) is 11.4 Å². The Balaban J connectivity index is 1.58. The number of aromatic amines is 1. The Morgan fingerprint density at radius 3 is 2.97 bits per heavy atom. The van der Waals surface area contributed by atoms with E-state index in [1.54, 1.807) is 13.0 Å². The summed E-state index contributed by atoms with van der Waals surface area (Å²) >= 11 is 7.04. The van der Waals surface area contributed by atoms with E-state index >= 15 is 0 Å². The van der Waals surface area contributed by atoms with E-state index in [1.807, 2.05) is 11.0 Å². The highest BCUT2D eigenvalue weighted by Crippen LogP contribution is 2.35. The number of anilines is 1. The van der Waals surface area contributed by atoms with E-state index in [2.05, 4.69) is 26.8 Å². The first-order valence-electron chi connectivity index (χ1n) is 11.2. The number of nitrogens with one attached hydrogen (secondary N) is 2. The Labute approximate surface area is 220 Å². The minimum Gasteiger partial charge on any atom is -0.477 e. The number of nitrogens with zero attached hydrogens (tertiary/aromatic N) is 4. The Morgan fingerprint density at radius 1 is 1.51 bits per heavy atom. The number of H-pyrrole nitrogens is 1. The largest absolute Gasteiger partial charge is 0.477 e. The smallest absolute Gasteiger partial charge is 0.348 e. The summed E-state index contributed by atoms with van der Waals surface area (Å²) in [7, 11) is 0. The number of piperidine rings is 1. The third kappa shape index (κ3) is 5.34. The van der Waals surface area contributed by atoms with Crippen LogP contribution in [0.1, 0.15) is 37.8 Å². The van der Waals surface area contributed by atoms with Crippen molar-refractivity contribution >= 4 is 39.9 Å². The van der Waals surface area contributed by atoms with Gasteiger partial charge < -0.3 is 25.0 Å². The fourth-order valence-corrected chi connectivity index (χ4v) is 5.17. The number of aryl methyl sites for hydroxylation is 1. The van der Waals surface area contributed by atoms with Gasteiger partial charge >= 0.3 is 5.97 Å². The van der Waals surface area contributed by atoms with Gasteiger partial charge in [0.25, 0.3) is 5.91 Å². The van der Waals surface area contributed by atoms with Crippen molar-refractivity contribution in [1.82, 2.24) is 20.3 Å². The number of aromatic nitrogens is 3. The number of aromatic carboxylic acids is 1. The number of hydrogen-bond donors (Lipinski definition) is 3. The highest BCUT2D eigenvalue weighted by Gasteiger charge is 2.35. The zero-order chi connectivity index (χ0) is 26.7. The van der Waals surface area contributed by atoms with Gasteiger partial charge in [-0.15, -0.1) is 6.58 Å². The summed E-state index contributed by atoms with van der Waals surface area (Å²) in [5.74, 6) is -2.40. The van der Waals surface area contributed by atoms with Crippen LogP contribution >= 0.6 is 22.9 Å². The lowest BCUT2D eigenvalue weighted by molar-refractivity contribution is 0.0355. The van der Waals surface area contributed by atoms with Crippen molar-refractivity contribution < 1.29 is 23.8 Å². The molecule has 0 spiro atoms. The fourth-order valence-electron chi connectivity index (χ4n) is 4.04. The summed E-state index contributed by atoms with van der Waals surface area (Å²) < 4.78 is 20.3. The van der Waals surface area contributed by atoms with Crippen molar-refractivity contribution in [3.8, 4) is 17.5 Å². The van der Waals surface area contributed by atoms with Crippen molar-refractivity contribution in [2.24, 2.45) is 0 Å². The van der Waals surface area contributed by atoms with Crippen molar-refractivity contribution in [2.75, 3.05) is 24.6 Å². The number of thiazole rings is 1. The number of carbonyl (C=O) groups excluding carboxylic acids is 1. The Bertz CT molecular complexity index is 1400. The fraction of sp³-hybridized carbons (Fsp3) is 0.292. The van der Waals surface area contributed by atoms with Gasteiger partial charge in [-0.1, -0.05) is 29.0 Å². The summed E-state index contributed by atoms with van der Waals surface area (Å²) in [4.78, 5) is 37.8. The maximum Gasteiger partial charge on any atom is 0.348 e. The van der Waals surface area contributed by atoms with Gasteiger partial charge in [-0.3, -0.25) is 9.78 Å². The molecule has 13 heteroatoms. The second-order valence-corrected chi connectivity index (χ2v) is 9.57. The lowest BCUT2D eigenvalue weighted by atomic mass is 10.0. The Hall–Kier alpha value is -3.79. The van der Waals surface area contributed by atoms with Gasteiger partial charge in [0, 0.05) is 25.0 Å². The predicted octanol–water partition coefficient (Wildman–Crippen LogP) is 3.78. The van der Waals surface area contributed by atoms with Crippen LogP contribution in [0.4, 0.5) is 9.52 Å². The van der Waals surface area contributed by atoms with Crippen LogP contribution in [0.2, 0.25) is 5.02 Å². The number of ether oxygens (including phenoxy) is 1. The molecule has 192 valence electrons. The lowest BCUT2D eigenvalue weighted by Crippen LogP contribution is -2.55. The van der Waals surface area contributed by atoms with Crippen LogP contribution in [0.5, 0.6) is 0 Å². The molecular formula is C24H22ClFN6O4S. The molecule has 0 aromatic carbocycles. The summed E-state index contributed by atoms with van der Waals surface area (Å²) in [6, 6.07) is 4.12. The first kappa shape index (κ1) is 26.3. The van der Waals surface area contributed by atoms with Crippen LogP contribution in [0.15, 0.2) is 31.0 Å². The lowest BCUT2D eigenvalue weighted by Gasteiger charge is -2.38. The molecule has 3 N–H and O–H groups in total. The number of halogens is 2. The molecule has 10 nitrogen and oxygen atoms in total. The summed E-state index contributed by atoms with van der Waals surface area (Å²) in [5.41, 5.74) is 0.458. The molecule has 4 rings (SSSR count). The Kier molecular flexibility index (Phi) is 7.87. The van der Waals surface area contributed by atoms with E-state index in [4.69, 9.17) is 16.3 Å². The number of carboxylic acid groups (broad SMARTS) is 1. The van der Waals surface area contributed by atoms with Crippen molar-refractivity contribution in [3.05, 3.63) is 63.7 Å². The minimum absolute atomic E-state index is 0.0485. The molecule has 1 aliphatic heterocycles. The normalized spacial score (nSPS) is 17.3. The SMILES string of the molecule is C=CCO[C@H]1CN(c2nc(-c3ncccc3F)c(C(=O)O)s2)CC[C@H]1NC(=O)c1[nH]c(C)c(Cl)c1C#N. The third-order valence-corrected chi connectivity index (χ3v) is 7.39. The summed E-state index contributed by atoms with van der Waals surface area (Å²) in [6.07, 6.45) is 2.86. The molecule has 37 heavy (non-hydrogen) atoms. The van der Waals surface area contributed by atoms with Gasteiger partial charge in [0.1, 0.15) is 33.6 Å². The molecule has 3 aromatic heterocycles. The molecule has 0 saturated carbocycles. The maximum atomic E-state index is 14.4. The summed E-state index contributed by atoms with van der Waals surface area (Å²) in [5, 5.41) is 22.6. The molecule has 1 aliphatic rings. The second kappa shape index (κ2) is 11.1. The number of pyridine rings is 1. The van der Waals surface area contributed by atoms with E-state index in [-0.39, 0.29) is 45.7 Å². The van der Waals surface area contributed by atoms with E-state index in [9.17, 15) is 24.3 Å². The van der Waals surface area contributed by atoms with Gasteiger partial charge in [-0.2, -0.15) is 5.26 Å². The van der Waals surface area contributed by atoms with Crippen LogP contribution in [0, 0.1) is 24.1 Å². The van der Waals surface area contributed by atoms with Gasteiger partial charge in [0.05, 0.1) is 23.8 Å². The summed E-state index contributed by atoms with van der Waals surface area (Å²) in [6.45, 7) is 6.22. The molecule has 0 radical (unpaired) electrons. The molecule has 2 atom stereocenters. The third-order valence-electron chi connectivity index (χ3n) is 5.82. The van der Waals surface area contributed by atoms with E-state index in [0.29, 0.717) is 23.8 Å². The van der Waals surface area contributed by atoms with Crippen LogP contribution in [0.3, 0.4) is 0 Å². The number of hydrogen-bond acceptors (Lipinski definition) is 8. The van der Waals surface area contributed by atoms with Gasteiger partial charge in [0.15, 0.2) is 10.9 Å². The molecule has 1 fully saturated rings. The predicted molar refractivity (Wildman–Crippen MR) is 136 cm³/mol. The average Bonchev–Trinajstić information content (AvgIpc) is 3.45. The first-order valence-corrected chi connectivity index (χ1v) is 12.4. The minimum atomic E-state index is -1.24. The molecule has 0 bridgehead atoms. The highest BCUT2D eigenvalue weighted by molar-refractivity contribution is 7.17. The quantitative estimate of drug-likeness (QED) is 0.363. The van der Waals surface area contributed by atoms with Crippen LogP contribution in [-0.4, -0.2) is 63.8 Å². The van der Waals surface area contributed by atoms with Crippen LogP contribution in [-0.2, 0) is 4.74 Å². The van der Waals surface area contributed by atoms with Gasteiger partial charge in [-0.05, 0) is 25.5 Å². The number of amides is 1. The zero-order valence-corrected chi connectivity index (χ0v) is 21.2. The molecule has 0 unspecified atom stereocenters. The van der Waals surface area contributed by atoms with Crippen LogP contribution < -0.4 is 10.2 Å². The highest BCUT2D eigenvalue weighted by atomic mass is 35.5. The average molecular weight is 545 g/mol. The van der Waals surface area contributed by atoms with Crippen molar-refractivity contribution in [3.63, 3.8) is 0 Å². The van der Waals surface area contributed by atoms with E-state index in [0.717, 1.165) is 11.3 Å². The van der Waals surface area contributed by atoms with E-state index in [1.165, 1.54) is 18.3 Å². The molecule has 1 amide bonds. The number of carbonyl (C=O) groups is 2. The van der Waals surface area contributed by atoms with E-state index < -0.39 is 29.8 Å². The molecule has 3 aromatic rings. The Morgan fingerprint density at radius 2 is 2.30 bits per heavy atom. The second-order valence-electron chi connectivity index (χ2n) is 8.21. The van der Waals surface area contributed by atoms with Gasteiger partial charge in [-0.25, -0.2) is 14.2 Å². The molecule has 0 aliphatic carbocycles. The van der Waals surface area contributed by atoms with Crippen molar-refractivity contribution in [2.45, 2.75) is 25.5 Å². The molecular weight excluding hydrogens is 523 g/mol. The molecule has 1 saturated heterocycles. The number of nitriles is 1. The maximum absolute atomic E-state index is 14.4. The standard InChI is InChI=1S/C24H22ClFN6O4S/c1-3-9-36-16-11-32(8-6-15(16)30-22(33)18-13(10-27)17(25)12(2)29-18)24-31-20(21(37-24)23(34)35)19-14(26)5-4-7-28-19/h3-5,7,15-16,29H,1,6,8-9,11H2,2H3,(H,30,33)(H,34,35)/t15-,16+/m1/s1. The van der Waals surface area contributed by atoms with Crippen molar-refractivity contribution in [1.29, 1.82) is 5.26 Å².